The number of aromatic nitrogens is 3. The van der Waals surface area contributed by atoms with Crippen LogP contribution in [-0.4, -0.2) is 39.7 Å². The van der Waals surface area contributed by atoms with Crippen molar-refractivity contribution in [3.8, 4) is 11.8 Å². The zero-order chi connectivity index (χ0) is 23.8. The van der Waals surface area contributed by atoms with Crippen molar-refractivity contribution in [1.29, 1.82) is 5.26 Å². The maximum absolute atomic E-state index is 13.2. The van der Waals surface area contributed by atoms with Gasteiger partial charge < -0.3 is 14.8 Å². The monoisotopic (exact) mass is 461 g/mol. The third-order valence-corrected chi connectivity index (χ3v) is 6.73. The molecule has 1 N–H and O–H groups in total. The van der Waals surface area contributed by atoms with Crippen molar-refractivity contribution in [3.63, 3.8) is 0 Å². The van der Waals surface area contributed by atoms with E-state index in [-0.39, 0.29) is 11.7 Å². The van der Waals surface area contributed by atoms with E-state index in [0.717, 1.165) is 0 Å². The number of nitrogens with zero attached hydrogens (tertiary/aromatic N) is 4. The molecule has 9 heteroatoms. The Morgan fingerprint density at radius 1 is 1.09 bits per heavy atom. The van der Waals surface area contributed by atoms with Crippen LogP contribution in [0.5, 0.6) is 0 Å². The number of benzene rings is 1. The maximum atomic E-state index is 13.2. The topological polar surface area (TPSA) is 102 Å². The molecular weight excluding hydrogens is 437 g/mol. The van der Waals surface area contributed by atoms with Crippen LogP contribution in [0, 0.1) is 24.1 Å². The van der Waals surface area contributed by atoms with Crippen LogP contribution >= 0.6 is 0 Å². The first-order valence-electron chi connectivity index (χ1n) is 11.2. The number of anilines is 1. The lowest BCUT2D eigenvalue weighted by Gasteiger charge is -2.39. The molecule has 2 aliphatic rings. The van der Waals surface area contributed by atoms with Crippen LogP contribution < -0.4 is 5.32 Å². The summed E-state index contributed by atoms with van der Waals surface area (Å²) in [5.74, 6) is -1.22. The molecule has 0 atom stereocenters. The lowest BCUT2D eigenvalue weighted by Crippen LogP contribution is -2.41. The first-order chi connectivity index (χ1) is 16.4. The van der Waals surface area contributed by atoms with Crippen LogP contribution in [0.2, 0.25) is 0 Å². The Morgan fingerprint density at radius 2 is 1.79 bits per heavy atom. The van der Waals surface area contributed by atoms with E-state index in [9.17, 15) is 14.4 Å². The maximum Gasteiger partial charge on any atom is 0.259 e. The van der Waals surface area contributed by atoms with E-state index in [1.54, 1.807) is 42.1 Å². The summed E-state index contributed by atoms with van der Waals surface area (Å²) >= 11 is 0. The number of carbonyl (C=O) groups excluding carboxylic acids is 1. The molecule has 1 aromatic carbocycles. The van der Waals surface area contributed by atoms with Gasteiger partial charge in [0.2, 0.25) is 0 Å². The Labute approximate surface area is 196 Å². The van der Waals surface area contributed by atoms with Gasteiger partial charge in [-0.05, 0) is 56.2 Å². The van der Waals surface area contributed by atoms with Gasteiger partial charge in [-0.3, -0.25) is 9.78 Å². The van der Waals surface area contributed by atoms with E-state index >= 15 is 0 Å². The molecule has 5 rings (SSSR count). The molecule has 8 nitrogen and oxygen atoms in total. The van der Waals surface area contributed by atoms with Gasteiger partial charge in [0, 0.05) is 12.8 Å². The number of ether oxygens (including phenoxy) is 2. The summed E-state index contributed by atoms with van der Waals surface area (Å²) in [6.45, 7) is 2.96. The Kier molecular flexibility index (Phi) is 5.63. The van der Waals surface area contributed by atoms with Gasteiger partial charge in [0.15, 0.2) is 5.79 Å². The van der Waals surface area contributed by atoms with Crippen LogP contribution in [0.1, 0.15) is 47.4 Å². The second kappa shape index (κ2) is 8.63. The fourth-order valence-corrected chi connectivity index (χ4v) is 4.69. The van der Waals surface area contributed by atoms with Crippen molar-refractivity contribution in [3.05, 3.63) is 71.6 Å². The van der Waals surface area contributed by atoms with Crippen LogP contribution in [0.25, 0.3) is 5.69 Å². The van der Waals surface area contributed by atoms with Gasteiger partial charge >= 0.3 is 0 Å². The zero-order valence-corrected chi connectivity index (χ0v) is 18.8. The average molecular weight is 461 g/mol. The van der Waals surface area contributed by atoms with Gasteiger partial charge in [0.25, 0.3) is 5.91 Å². The quantitative estimate of drug-likeness (QED) is 0.629. The second-order valence-corrected chi connectivity index (χ2v) is 8.72. The highest BCUT2D eigenvalue weighted by Gasteiger charge is 2.48. The summed E-state index contributed by atoms with van der Waals surface area (Å²) < 4.78 is 26.4. The van der Waals surface area contributed by atoms with Gasteiger partial charge in [-0.1, -0.05) is 0 Å². The molecular formula is C25H24FN5O3. The number of halogens is 1. The third kappa shape index (κ3) is 3.95. The van der Waals surface area contributed by atoms with Gasteiger partial charge in [0.05, 0.1) is 65.4 Å². The first kappa shape index (κ1) is 22.2. The molecule has 1 saturated carbocycles. The zero-order valence-electron chi connectivity index (χ0n) is 18.8. The molecule has 1 saturated heterocycles. The summed E-state index contributed by atoms with van der Waals surface area (Å²) in [4.78, 5) is 17.4. The fourth-order valence-electron chi connectivity index (χ4n) is 4.69. The molecule has 0 radical (unpaired) electrons. The molecule has 3 heterocycles. The molecule has 1 aliphatic carbocycles. The lowest BCUT2D eigenvalue weighted by atomic mass is 9.70. The highest BCUT2D eigenvalue weighted by atomic mass is 19.1. The normalized spacial score (nSPS) is 18.5. The average Bonchev–Trinajstić information content (AvgIpc) is 3.48. The number of amides is 1. The van der Waals surface area contributed by atoms with Crippen LogP contribution in [0.4, 0.5) is 10.1 Å². The van der Waals surface area contributed by atoms with Crippen molar-refractivity contribution in [1.82, 2.24) is 14.8 Å². The number of carbonyl (C=O) groups is 1. The van der Waals surface area contributed by atoms with Crippen molar-refractivity contribution in [2.24, 2.45) is 0 Å². The Hall–Kier alpha value is -3.61. The van der Waals surface area contributed by atoms with E-state index < -0.39 is 11.2 Å². The summed E-state index contributed by atoms with van der Waals surface area (Å²) in [5.41, 5.74) is 2.19. The van der Waals surface area contributed by atoms with E-state index in [2.05, 4.69) is 21.5 Å². The molecule has 2 aromatic heterocycles. The van der Waals surface area contributed by atoms with Crippen LogP contribution in [-0.2, 0) is 14.9 Å². The summed E-state index contributed by atoms with van der Waals surface area (Å²) in [6, 6.07) is 11.9. The Balaban J connectivity index is 1.29. The molecule has 34 heavy (non-hydrogen) atoms. The fraction of sp³-hybridized carbons (Fsp3) is 0.360. The van der Waals surface area contributed by atoms with Crippen LogP contribution in [0.15, 0.2) is 48.8 Å². The van der Waals surface area contributed by atoms with Crippen molar-refractivity contribution in [2.45, 2.75) is 43.8 Å². The molecule has 2 fully saturated rings. The summed E-state index contributed by atoms with van der Waals surface area (Å²) in [6.07, 6.45) is 5.55. The Morgan fingerprint density at radius 3 is 2.41 bits per heavy atom. The summed E-state index contributed by atoms with van der Waals surface area (Å²) in [5, 5.41) is 17.1. The molecule has 1 amide bonds. The second-order valence-electron chi connectivity index (χ2n) is 8.72. The lowest BCUT2D eigenvalue weighted by molar-refractivity contribution is -0.182. The largest absolute Gasteiger partial charge is 0.348 e. The number of hydrogen-bond acceptors (Lipinski definition) is 6. The standard InChI is InChI=1S/C25H24FN5O3/c1-17-21(15-29-31(17)20-5-2-18(26)3-6-20)23(32)30-19-4-7-22(28-14-19)24(16-27)8-10-25(11-9-24)33-12-13-34-25/h2-7,14-15H,8-13H2,1H3,(H,30,32). The van der Waals surface area contributed by atoms with Crippen molar-refractivity contribution < 1.29 is 18.7 Å². The Bertz CT molecular complexity index is 1230. The van der Waals surface area contributed by atoms with Gasteiger partial charge in [-0.15, -0.1) is 0 Å². The molecule has 1 spiro atoms. The minimum absolute atomic E-state index is 0.328. The predicted octanol–water partition coefficient (Wildman–Crippen LogP) is 4.05. The molecule has 0 bridgehead atoms. The minimum Gasteiger partial charge on any atom is -0.348 e. The van der Waals surface area contributed by atoms with Crippen LogP contribution in [0.3, 0.4) is 0 Å². The van der Waals surface area contributed by atoms with Gasteiger partial charge in [-0.25, -0.2) is 9.07 Å². The van der Waals surface area contributed by atoms with Crippen molar-refractivity contribution in [2.75, 3.05) is 18.5 Å². The molecule has 174 valence electrons. The highest BCUT2D eigenvalue weighted by Crippen LogP contribution is 2.45. The molecule has 0 unspecified atom stereocenters. The van der Waals surface area contributed by atoms with Crippen molar-refractivity contribution >= 4 is 11.6 Å². The minimum atomic E-state index is -0.698. The predicted molar refractivity (Wildman–Crippen MR) is 121 cm³/mol. The van der Waals surface area contributed by atoms with Gasteiger partial charge in [-0.2, -0.15) is 10.4 Å². The van der Waals surface area contributed by atoms with E-state index in [0.29, 0.717) is 67.2 Å². The third-order valence-electron chi connectivity index (χ3n) is 6.73. The summed E-state index contributed by atoms with van der Waals surface area (Å²) in [7, 11) is 0. The van der Waals surface area contributed by atoms with E-state index in [1.165, 1.54) is 18.3 Å². The van der Waals surface area contributed by atoms with Gasteiger partial charge in [0.1, 0.15) is 5.82 Å². The molecule has 3 aromatic rings. The SMILES string of the molecule is Cc1c(C(=O)Nc2ccc(C3(C#N)CCC4(CC3)OCCO4)nc2)cnn1-c1ccc(F)cc1. The number of nitrogens with one attached hydrogen (secondary N) is 1. The number of nitriles is 1. The first-order valence-corrected chi connectivity index (χ1v) is 11.2. The van der Waals surface area contributed by atoms with E-state index in [4.69, 9.17) is 9.47 Å². The molecule has 1 aliphatic heterocycles. The smallest absolute Gasteiger partial charge is 0.259 e. The number of pyridine rings is 1. The number of hydrogen-bond donors (Lipinski definition) is 1. The highest BCUT2D eigenvalue weighted by molar-refractivity contribution is 6.04. The number of rotatable bonds is 4. The van der Waals surface area contributed by atoms with E-state index in [1.807, 2.05) is 0 Å².